The molecule has 0 aromatic heterocycles. The Hall–Kier alpha value is -1.64. The standard InChI is InChI=1S/C11H20N4O4S/c1-3-20(18,19)9(14-11(12)13)5-4-8-6-10(17)15(8)7(2)16/h8-9H,3-6H2,1-2H3,(H4,12,13,14). The van der Waals surface area contributed by atoms with E-state index in [1.54, 1.807) is 0 Å². The van der Waals surface area contributed by atoms with Gasteiger partial charge in [0.1, 0.15) is 0 Å². The second-order valence-corrected chi connectivity index (χ2v) is 7.13. The molecule has 0 radical (unpaired) electrons. The lowest BCUT2D eigenvalue weighted by molar-refractivity contribution is -0.157. The SMILES string of the molecule is CCS(=O)(=O)C(CCC1CC(=O)N1C(C)=O)N=C(N)N. The quantitative estimate of drug-likeness (QED) is 0.365. The van der Waals surface area contributed by atoms with E-state index in [9.17, 15) is 18.0 Å². The number of β-lactam (4-membered cyclic amide) rings is 1. The number of aliphatic imine (C=N–C) groups is 1. The molecular formula is C11H20N4O4S. The van der Waals surface area contributed by atoms with E-state index < -0.39 is 15.2 Å². The number of imide groups is 1. The molecule has 2 amide bonds. The van der Waals surface area contributed by atoms with Gasteiger partial charge in [-0.2, -0.15) is 0 Å². The minimum absolute atomic E-state index is 0.0749. The first-order chi connectivity index (χ1) is 9.19. The lowest BCUT2D eigenvalue weighted by Gasteiger charge is -2.38. The monoisotopic (exact) mass is 304 g/mol. The van der Waals surface area contributed by atoms with E-state index in [0.29, 0.717) is 6.42 Å². The first-order valence-corrected chi connectivity index (χ1v) is 8.03. The van der Waals surface area contributed by atoms with Crippen molar-refractivity contribution < 1.29 is 18.0 Å². The Balaban J connectivity index is 2.72. The maximum atomic E-state index is 11.9. The largest absolute Gasteiger partial charge is 0.370 e. The predicted octanol–water partition coefficient (Wildman–Crippen LogP) is -1.05. The molecule has 2 atom stereocenters. The molecule has 0 spiro atoms. The molecule has 4 N–H and O–H groups in total. The number of likely N-dealkylation sites (tertiary alicyclic amines) is 1. The number of amides is 2. The van der Waals surface area contributed by atoms with E-state index in [1.807, 2.05) is 0 Å². The maximum absolute atomic E-state index is 11.9. The summed E-state index contributed by atoms with van der Waals surface area (Å²) in [5, 5.41) is -1.03. The molecule has 2 unspecified atom stereocenters. The Bertz CT molecular complexity index is 517. The summed E-state index contributed by atoms with van der Waals surface area (Å²) in [6.07, 6.45) is 0.794. The van der Waals surface area contributed by atoms with Gasteiger partial charge in [-0.05, 0) is 12.8 Å². The molecule has 8 nitrogen and oxygen atoms in total. The van der Waals surface area contributed by atoms with Gasteiger partial charge in [-0.1, -0.05) is 6.92 Å². The van der Waals surface area contributed by atoms with Crippen LogP contribution >= 0.6 is 0 Å². The fraction of sp³-hybridized carbons (Fsp3) is 0.727. The average Bonchev–Trinajstić information content (AvgIpc) is 2.30. The first kappa shape index (κ1) is 16.4. The highest BCUT2D eigenvalue weighted by molar-refractivity contribution is 7.91. The van der Waals surface area contributed by atoms with Crippen molar-refractivity contribution in [2.75, 3.05) is 5.75 Å². The summed E-state index contributed by atoms with van der Waals surface area (Å²) in [5.74, 6) is -0.934. The van der Waals surface area contributed by atoms with E-state index >= 15 is 0 Å². The van der Waals surface area contributed by atoms with Gasteiger partial charge in [-0.25, -0.2) is 13.4 Å². The van der Waals surface area contributed by atoms with Gasteiger partial charge in [-0.15, -0.1) is 0 Å². The van der Waals surface area contributed by atoms with Gasteiger partial charge < -0.3 is 11.5 Å². The second-order valence-electron chi connectivity index (χ2n) is 4.68. The van der Waals surface area contributed by atoms with Crippen LogP contribution in [0.5, 0.6) is 0 Å². The van der Waals surface area contributed by atoms with Crippen LogP contribution in [0.4, 0.5) is 0 Å². The van der Waals surface area contributed by atoms with E-state index in [1.165, 1.54) is 13.8 Å². The highest BCUT2D eigenvalue weighted by Gasteiger charge is 2.39. The van der Waals surface area contributed by atoms with Crippen LogP contribution in [0, 0.1) is 0 Å². The Morgan fingerprint density at radius 1 is 1.50 bits per heavy atom. The van der Waals surface area contributed by atoms with Gasteiger partial charge in [0, 0.05) is 25.1 Å². The van der Waals surface area contributed by atoms with Gasteiger partial charge in [0.15, 0.2) is 21.2 Å². The van der Waals surface area contributed by atoms with E-state index in [0.717, 1.165) is 4.90 Å². The van der Waals surface area contributed by atoms with Crippen LogP contribution in [-0.4, -0.2) is 48.3 Å². The zero-order valence-corrected chi connectivity index (χ0v) is 12.4. The normalized spacial score (nSPS) is 20.2. The second kappa shape index (κ2) is 6.21. The van der Waals surface area contributed by atoms with Crippen LogP contribution in [0.25, 0.3) is 0 Å². The lowest BCUT2D eigenvalue weighted by atomic mass is 9.97. The van der Waals surface area contributed by atoms with Crippen LogP contribution in [0.15, 0.2) is 4.99 Å². The van der Waals surface area contributed by atoms with Gasteiger partial charge in [-0.3, -0.25) is 14.5 Å². The van der Waals surface area contributed by atoms with Gasteiger partial charge >= 0.3 is 0 Å². The number of hydrogen-bond donors (Lipinski definition) is 2. The summed E-state index contributed by atoms with van der Waals surface area (Å²) >= 11 is 0. The number of hydrogen-bond acceptors (Lipinski definition) is 5. The highest BCUT2D eigenvalue weighted by atomic mass is 32.2. The van der Waals surface area contributed by atoms with Gasteiger partial charge in [0.25, 0.3) is 0 Å². The zero-order chi connectivity index (χ0) is 15.5. The summed E-state index contributed by atoms with van der Waals surface area (Å²) < 4.78 is 23.7. The summed E-state index contributed by atoms with van der Waals surface area (Å²) in [7, 11) is -3.42. The topological polar surface area (TPSA) is 136 Å². The van der Waals surface area contributed by atoms with Crippen LogP contribution in [-0.2, 0) is 19.4 Å². The third-order valence-electron chi connectivity index (χ3n) is 3.24. The molecular weight excluding hydrogens is 284 g/mol. The van der Waals surface area contributed by atoms with Crippen molar-refractivity contribution in [3.8, 4) is 0 Å². The highest BCUT2D eigenvalue weighted by Crippen LogP contribution is 2.25. The van der Waals surface area contributed by atoms with E-state index in [4.69, 9.17) is 11.5 Å². The third kappa shape index (κ3) is 3.69. The predicted molar refractivity (Wildman–Crippen MR) is 74.2 cm³/mol. The number of nitrogens with two attached hydrogens (primary N) is 2. The van der Waals surface area contributed by atoms with Gasteiger partial charge in [0.05, 0.1) is 0 Å². The molecule has 1 fully saturated rings. The van der Waals surface area contributed by atoms with Crippen molar-refractivity contribution >= 4 is 27.6 Å². The Morgan fingerprint density at radius 3 is 2.50 bits per heavy atom. The Kier molecular flexibility index (Phi) is 5.09. The summed E-state index contributed by atoms with van der Waals surface area (Å²) in [4.78, 5) is 27.4. The molecule has 9 heteroatoms. The summed E-state index contributed by atoms with van der Waals surface area (Å²) in [6.45, 7) is 2.82. The molecule has 0 aliphatic carbocycles. The van der Waals surface area contributed by atoms with Crippen LogP contribution < -0.4 is 11.5 Å². The average molecular weight is 304 g/mol. The van der Waals surface area contributed by atoms with Crippen molar-refractivity contribution in [3.05, 3.63) is 0 Å². The van der Waals surface area contributed by atoms with Gasteiger partial charge in [0.2, 0.25) is 11.8 Å². The summed E-state index contributed by atoms with van der Waals surface area (Å²) in [5.41, 5.74) is 10.5. The molecule has 1 heterocycles. The molecule has 20 heavy (non-hydrogen) atoms. The fourth-order valence-corrected chi connectivity index (χ4v) is 3.33. The molecule has 1 saturated heterocycles. The summed E-state index contributed by atoms with van der Waals surface area (Å²) in [6, 6.07) is -0.260. The zero-order valence-electron chi connectivity index (χ0n) is 11.6. The van der Waals surface area contributed by atoms with E-state index in [2.05, 4.69) is 4.99 Å². The third-order valence-corrected chi connectivity index (χ3v) is 5.22. The molecule has 1 aliphatic heterocycles. The molecule has 1 rings (SSSR count). The van der Waals surface area contributed by atoms with Crippen molar-refractivity contribution in [1.29, 1.82) is 0 Å². The fourth-order valence-electron chi connectivity index (χ4n) is 2.16. The number of nitrogens with zero attached hydrogens (tertiary/aromatic N) is 2. The molecule has 0 saturated carbocycles. The Morgan fingerprint density at radius 2 is 2.10 bits per heavy atom. The van der Waals surface area contributed by atoms with Crippen LogP contribution in [0.3, 0.4) is 0 Å². The van der Waals surface area contributed by atoms with Crippen molar-refractivity contribution in [2.24, 2.45) is 16.5 Å². The number of sulfone groups is 1. The number of carbonyl (C=O) groups is 2. The molecule has 0 aromatic carbocycles. The molecule has 1 aliphatic rings. The molecule has 0 bridgehead atoms. The number of rotatable bonds is 6. The van der Waals surface area contributed by atoms with Crippen molar-refractivity contribution in [1.82, 2.24) is 4.90 Å². The maximum Gasteiger partial charge on any atom is 0.231 e. The molecule has 114 valence electrons. The molecule has 0 aromatic rings. The smallest absolute Gasteiger partial charge is 0.231 e. The van der Waals surface area contributed by atoms with Crippen LogP contribution in [0.1, 0.15) is 33.1 Å². The first-order valence-electron chi connectivity index (χ1n) is 6.32. The van der Waals surface area contributed by atoms with Crippen molar-refractivity contribution in [3.63, 3.8) is 0 Å². The minimum Gasteiger partial charge on any atom is -0.370 e. The number of carbonyl (C=O) groups excluding carboxylic acids is 2. The van der Waals surface area contributed by atoms with Crippen LogP contribution in [0.2, 0.25) is 0 Å². The Labute approximate surface area is 118 Å². The lowest BCUT2D eigenvalue weighted by Crippen LogP contribution is -2.55. The number of guanidine groups is 1. The van der Waals surface area contributed by atoms with Crippen molar-refractivity contribution in [2.45, 2.75) is 44.5 Å². The van der Waals surface area contributed by atoms with E-state index in [-0.39, 0.29) is 42.4 Å². The minimum atomic E-state index is -3.42.